The number of H-pyrrole nitrogens is 1. The number of aromatic amines is 1. The number of fused-ring (bicyclic) bond motifs is 1. The number of aliphatic hydroxyl groups is 1. The fourth-order valence-electron chi connectivity index (χ4n) is 8.28. The molecule has 0 saturated heterocycles. The molecule has 27 heteroatoms. The van der Waals surface area contributed by atoms with Crippen LogP contribution >= 0.6 is 0 Å². The number of nitrogens with one attached hydrogen (secondary N) is 10. The molecule has 0 fully saturated rings. The van der Waals surface area contributed by atoms with Gasteiger partial charge in [-0.25, -0.2) is 0 Å². The molecule has 0 aliphatic carbocycles. The molecular weight excluding hydrogens is 1030 g/mol. The summed E-state index contributed by atoms with van der Waals surface area (Å²) in [6, 6.07) is -6.01. The zero-order chi connectivity index (χ0) is 59.7. The van der Waals surface area contributed by atoms with Crippen LogP contribution < -0.4 is 59.3 Å². The van der Waals surface area contributed by atoms with Crippen molar-refractivity contribution >= 4 is 81.9 Å². The Morgan fingerprint density at radius 1 is 0.519 bits per heavy atom. The third-order valence-corrected chi connectivity index (χ3v) is 12.3. The molecule has 0 spiro atoms. The summed E-state index contributed by atoms with van der Waals surface area (Å²) in [5.74, 6) is -12.4. The lowest BCUT2D eigenvalue weighted by atomic mass is 10.00. The molecule has 0 aliphatic heterocycles. The third-order valence-electron chi connectivity index (χ3n) is 12.3. The summed E-state index contributed by atoms with van der Waals surface area (Å²) in [5.41, 5.74) is 12.4. The average molecular weight is 1120 g/mol. The van der Waals surface area contributed by atoms with E-state index in [1.54, 1.807) is 72.0 Å². The van der Waals surface area contributed by atoms with Crippen molar-refractivity contribution in [1.29, 1.82) is 0 Å². The zero-order valence-electron chi connectivity index (χ0n) is 46.2. The molecule has 1 aromatic carbocycles. The number of hydrogen-bond acceptors (Lipinski definition) is 14. The minimum absolute atomic E-state index is 0.0554. The highest BCUT2D eigenvalue weighted by Gasteiger charge is 2.36. The number of benzene rings is 1. The van der Waals surface area contributed by atoms with Crippen LogP contribution in [0.2, 0.25) is 0 Å². The van der Waals surface area contributed by atoms with Crippen molar-refractivity contribution in [3.8, 4) is 0 Å². The number of nitrogens with two attached hydrogens (primary N) is 2. The number of rotatable bonds is 36. The molecule has 1 aromatic heterocycles. The van der Waals surface area contributed by atoms with E-state index >= 15 is 0 Å². The minimum atomic E-state index is -1.88. The Labute approximate surface area is 458 Å². The highest BCUT2D eigenvalue weighted by atomic mass is 16.4. The topological polar surface area (TPSA) is 442 Å². The van der Waals surface area contributed by atoms with Crippen LogP contribution in [0.4, 0.5) is 0 Å². The quantitative estimate of drug-likeness (QED) is 0.0335. The molecule has 440 valence electrons. The largest absolute Gasteiger partial charge is 0.481 e. The van der Waals surface area contributed by atoms with Crippen LogP contribution in [-0.2, 0) is 64.0 Å². The number of carbonyl (C=O) groups excluding carboxylic acids is 10. The first-order valence-corrected chi connectivity index (χ1v) is 26.4. The summed E-state index contributed by atoms with van der Waals surface area (Å²) in [4.78, 5) is 161. The Hall–Kier alpha value is -7.68. The molecule has 2 aromatic rings. The normalized spacial score (nSPS) is 14.7. The SMILES string of the molecule is CC(=O)N[C@@H](CC(C)C)C(=O)N[C@@H](CCC(=O)O)C(=O)N[C@@H](CC(C)C)C(=O)N[C@@H](CC(=O)O)C(=O)N[C@@H](CCCCN)C(=O)N[C@@H](Cc1c[nH]c2ccccc12)C(=O)N[C@@H](C)C(=O)N[C@@H](CO)C(=O)N[C@@H](CC(C)C)C(N)=O. The highest BCUT2D eigenvalue weighted by Crippen LogP contribution is 2.20. The molecular formula is C52H82N12O15. The number of primary amides is 1. The van der Waals surface area contributed by atoms with Crippen molar-refractivity contribution in [3.05, 3.63) is 36.0 Å². The fourth-order valence-corrected chi connectivity index (χ4v) is 8.28. The van der Waals surface area contributed by atoms with Crippen LogP contribution in [-0.4, -0.2) is 159 Å². The molecule has 0 unspecified atom stereocenters. The van der Waals surface area contributed by atoms with Gasteiger partial charge in [0.05, 0.1) is 13.0 Å². The van der Waals surface area contributed by atoms with E-state index in [2.05, 4.69) is 52.8 Å². The minimum Gasteiger partial charge on any atom is -0.481 e. The van der Waals surface area contributed by atoms with Crippen LogP contribution in [0.5, 0.6) is 0 Å². The van der Waals surface area contributed by atoms with Gasteiger partial charge in [-0.05, 0) is 87.8 Å². The van der Waals surface area contributed by atoms with Gasteiger partial charge in [-0.3, -0.25) is 57.5 Å². The lowest BCUT2D eigenvalue weighted by molar-refractivity contribution is -0.142. The van der Waals surface area contributed by atoms with Gasteiger partial charge in [-0.2, -0.15) is 0 Å². The van der Waals surface area contributed by atoms with Crippen molar-refractivity contribution in [1.82, 2.24) is 52.8 Å². The van der Waals surface area contributed by atoms with E-state index < -0.39 is 151 Å². The van der Waals surface area contributed by atoms with Crippen LogP contribution in [0, 0.1) is 17.8 Å². The smallest absolute Gasteiger partial charge is 0.305 e. The molecule has 0 bridgehead atoms. The van der Waals surface area contributed by atoms with Crippen molar-refractivity contribution in [2.75, 3.05) is 13.2 Å². The van der Waals surface area contributed by atoms with E-state index in [4.69, 9.17) is 11.5 Å². The van der Waals surface area contributed by atoms with E-state index in [9.17, 15) is 72.9 Å². The van der Waals surface area contributed by atoms with Crippen molar-refractivity contribution < 1.29 is 72.9 Å². The standard InChI is InChI=1S/C52H82N12O15/c1-26(2)19-36(44(54)71)60-52(79)41(25-65)64-45(72)29(7)56-48(75)39(22-31-24-55-33-14-10-9-13-32(31)33)62-46(73)34(15-11-12-18-53)58-51(78)40(23-43(69)70)63-50(77)38(21-28(5)6)61-47(74)35(16-17-42(67)68)59-49(76)37(20-27(3)4)57-30(8)66/h9-10,13-14,24,26-29,34-41,55,65H,11-12,15-23,25,53H2,1-8H3,(H2,54,71)(H,56,75)(H,57,66)(H,58,78)(H,59,76)(H,60,79)(H,61,74)(H,62,73)(H,63,77)(H,64,72)(H,67,68)(H,69,70)/t29-,34-,35-,36-,37-,38-,39-,40-,41-/m0/s1. The van der Waals surface area contributed by atoms with Gasteiger partial charge in [-0.1, -0.05) is 59.7 Å². The number of para-hydroxylation sites is 1. The Bertz CT molecular complexity index is 2450. The molecule has 9 atom stereocenters. The van der Waals surface area contributed by atoms with E-state index in [-0.39, 0.29) is 62.8 Å². The van der Waals surface area contributed by atoms with Gasteiger partial charge in [0.1, 0.15) is 54.4 Å². The van der Waals surface area contributed by atoms with Gasteiger partial charge in [0.15, 0.2) is 0 Å². The zero-order valence-corrected chi connectivity index (χ0v) is 46.2. The number of amides is 10. The number of hydrogen-bond donors (Lipinski definition) is 15. The third kappa shape index (κ3) is 24.3. The maximum Gasteiger partial charge on any atom is 0.305 e. The van der Waals surface area contributed by atoms with Crippen LogP contribution in [0.25, 0.3) is 10.9 Å². The summed E-state index contributed by atoms with van der Waals surface area (Å²) in [6.07, 6.45) is 0.0708. The van der Waals surface area contributed by atoms with Gasteiger partial charge >= 0.3 is 11.9 Å². The summed E-state index contributed by atoms with van der Waals surface area (Å²) in [7, 11) is 0. The predicted octanol–water partition coefficient (Wildman–Crippen LogP) is -1.80. The number of carbonyl (C=O) groups is 12. The second-order valence-corrected chi connectivity index (χ2v) is 20.8. The second kappa shape index (κ2) is 33.6. The van der Waals surface area contributed by atoms with Gasteiger partial charge in [0.25, 0.3) is 0 Å². The molecule has 27 nitrogen and oxygen atoms in total. The van der Waals surface area contributed by atoms with E-state index in [1.165, 1.54) is 13.8 Å². The number of carboxylic acid groups (broad SMARTS) is 2. The molecule has 79 heavy (non-hydrogen) atoms. The molecule has 10 amide bonds. The molecule has 1 heterocycles. The average Bonchev–Trinajstić information content (AvgIpc) is 3.78. The van der Waals surface area contributed by atoms with E-state index in [0.29, 0.717) is 22.9 Å². The van der Waals surface area contributed by atoms with Gasteiger partial charge in [0.2, 0.25) is 59.1 Å². The number of carboxylic acids is 2. The van der Waals surface area contributed by atoms with E-state index in [0.717, 1.165) is 0 Å². The Balaban J connectivity index is 2.48. The van der Waals surface area contributed by atoms with Gasteiger partial charge in [0, 0.05) is 36.9 Å². The van der Waals surface area contributed by atoms with Crippen molar-refractivity contribution in [2.24, 2.45) is 29.2 Å². The number of aromatic nitrogens is 1. The summed E-state index contributed by atoms with van der Waals surface area (Å²) in [5, 5.41) is 52.3. The predicted molar refractivity (Wildman–Crippen MR) is 287 cm³/mol. The monoisotopic (exact) mass is 1110 g/mol. The maximum absolute atomic E-state index is 14.4. The van der Waals surface area contributed by atoms with Crippen LogP contribution in [0.3, 0.4) is 0 Å². The van der Waals surface area contributed by atoms with E-state index in [1.807, 2.05) is 0 Å². The Morgan fingerprint density at radius 3 is 1.48 bits per heavy atom. The first-order chi connectivity index (χ1) is 37.1. The molecule has 2 rings (SSSR count). The van der Waals surface area contributed by atoms with Crippen LogP contribution in [0.1, 0.15) is 119 Å². The Morgan fingerprint density at radius 2 is 0.962 bits per heavy atom. The second-order valence-electron chi connectivity index (χ2n) is 20.8. The number of aliphatic hydroxyl groups excluding tert-OH is 1. The Kier molecular flexibility index (Phi) is 28.7. The summed E-state index contributed by atoms with van der Waals surface area (Å²) >= 11 is 0. The van der Waals surface area contributed by atoms with Gasteiger partial charge in [-0.15, -0.1) is 0 Å². The van der Waals surface area contributed by atoms with Crippen LogP contribution in [0.15, 0.2) is 30.5 Å². The van der Waals surface area contributed by atoms with Crippen molar-refractivity contribution in [3.63, 3.8) is 0 Å². The van der Waals surface area contributed by atoms with Crippen molar-refractivity contribution in [2.45, 2.75) is 174 Å². The summed E-state index contributed by atoms with van der Waals surface area (Å²) in [6.45, 7) is 12.3. The first-order valence-electron chi connectivity index (χ1n) is 26.4. The lowest BCUT2D eigenvalue weighted by Gasteiger charge is -2.28. The first kappa shape index (κ1) is 67.4. The number of aliphatic carboxylic acids is 2. The molecule has 0 aliphatic rings. The lowest BCUT2D eigenvalue weighted by Crippen LogP contribution is -2.61. The fraction of sp³-hybridized carbons (Fsp3) is 0.615. The summed E-state index contributed by atoms with van der Waals surface area (Å²) < 4.78 is 0. The molecule has 0 radical (unpaired) electrons. The molecule has 0 saturated carbocycles. The highest BCUT2D eigenvalue weighted by molar-refractivity contribution is 5.99. The maximum atomic E-state index is 14.4. The number of unbranched alkanes of at least 4 members (excludes halogenated alkanes) is 1. The molecule has 17 N–H and O–H groups in total. The van der Waals surface area contributed by atoms with Gasteiger partial charge < -0.3 is 79.6 Å².